The number of nitrogens with one attached hydrogen (secondary N) is 1. The van der Waals surface area contributed by atoms with E-state index in [1.54, 1.807) is 0 Å². The maximum atomic E-state index is 10.3. The van der Waals surface area contributed by atoms with E-state index < -0.39 is 6.23 Å². The highest BCUT2D eigenvalue weighted by Gasteiger charge is 2.15. The van der Waals surface area contributed by atoms with Gasteiger partial charge in [-0.25, -0.2) is 0 Å². The summed E-state index contributed by atoms with van der Waals surface area (Å²) >= 11 is 0. The van der Waals surface area contributed by atoms with Gasteiger partial charge in [0.2, 0.25) is 0 Å². The maximum absolute atomic E-state index is 10.3. The maximum Gasteiger partial charge on any atom is 0.131 e. The molecule has 0 fully saturated rings. The molecule has 0 aliphatic heterocycles. The van der Waals surface area contributed by atoms with Gasteiger partial charge in [-0.2, -0.15) is 0 Å². The summed E-state index contributed by atoms with van der Waals surface area (Å²) in [7, 11) is 0. The number of rotatable bonds is 7. The van der Waals surface area contributed by atoms with E-state index in [4.69, 9.17) is 0 Å². The van der Waals surface area contributed by atoms with Crippen molar-refractivity contribution < 1.29 is 5.11 Å². The SMILES string of the molecule is CCCC(CC(C)C)NC(O)c1ccc(C)c(C)c1. The molecule has 2 heteroatoms. The molecule has 0 aliphatic carbocycles. The molecule has 19 heavy (non-hydrogen) atoms. The Morgan fingerprint density at radius 1 is 1.16 bits per heavy atom. The predicted octanol–water partition coefficient (Wildman–Crippen LogP) is 4.10. The van der Waals surface area contributed by atoms with Gasteiger partial charge in [-0.15, -0.1) is 0 Å². The molecule has 1 aromatic carbocycles. The summed E-state index contributed by atoms with van der Waals surface area (Å²) in [6.07, 6.45) is 2.80. The summed E-state index contributed by atoms with van der Waals surface area (Å²) in [6, 6.07) is 6.55. The van der Waals surface area contributed by atoms with Crippen LogP contribution < -0.4 is 5.32 Å². The van der Waals surface area contributed by atoms with E-state index in [1.807, 2.05) is 6.07 Å². The van der Waals surface area contributed by atoms with Crippen molar-refractivity contribution >= 4 is 0 Å². The van der Waals surface area contributed by atoms with Crippen LogP contribution in [0.5, 0.6) is 0 Å². The van der Waals surface area contributed by atoms with Crippen molar-refractivity contribution in [2.45, 2.75) is 66.2 Å². The van der Waals surface area contributed by atoms with Crippen molar-refractivity contribution in [1.82, 2.24) is 5.32 Å². The van der Waals surface area contributed by atoms with Gasteiger partial charge < -0.3 is 5.11 Å². The average molecular weight is 263 g/mol. The first-order chi connectivity index (χ1) is 8.93. The smallest absolute Gasteiger partial charge is 0.131 e. The molecule has 0 heterocycles. The lowest BCUT2D eigenvalue weighted by atomic mass is 9.99. The van der Waals surface area contributed by atoms with Gasteiger partial charge in [0, 0.05) is 6.04 Å². The lowest BCUT2D eigenvalue weighted by Gasteiger charge is -2.24. The molecule has 0 saturated heterocycles. The normalized spacial score (nSPS) is 14.7. The average Bonchev–Trinajstić information content (AvgIpc) is 2.32. The van der Waals surface area contributed by atoms with Crippen LogP contribution in [0.4, 0.5) is 0 Å². The van der Waals surface area contributed by atoms with Crippen molar-refractivity contribution in [1.29, 1.82) is 0 Å². The summed E-state index contributed by atoms with van der Waals surface area (Å²) in [5.74, 6) is 0.649. The number of hydrogen-bond acceptors (Lipinski definition) is 2. The van der Waals surface area contributed by atoms with Crippen molar-refractivity contribution in [3.63, 3.8) is 0 Å². The van der Waals surface area contributed by atoms with Crippen LogP contribution >= 0.6 is 0 Å². The van der Waals surface area contributed by atoms with Crippen LogP contribution in [-0.4, -0.2) is 11.1 Å². The van der Waals surface area contributed by atoms with Crippen LogP contribution in [-0.2, 0) is 0 Å². The van der Waals surface area contributed by atoms with Gasteiger partial charge in [0.05, 0.1) is 0 Å². The highest BCUT2D eigenvalue weighted by atomic mass is 16.3. The fraction of sp³-hybridized carbons (Fsp3) is 0.647. The van der Waals surface area contributed by atoms with Crippen LogP contribution in [0.3, 0.4) is 0 Å². The monoisotopic (exact) mass is 263 g/mol. The Bertz CT molecular complexity index is 387. The molecular weight excluding hydrogens is 234 g/mol. The summed E-state index contributed by atoms with van der Waals surface area (Å²) in [4.78, 5) is 0. The van der Waals surface area contributed by atoms with Gasteiger partial charge in [-0.3, -0.25) is 5.32 Å². The van der Waals surface area contributed by atoms with E-state index in [1.165, 1.54) is 11.1 Å². The van der Waals surface area contributed by atoms with E-state index in [0.29, 0.717) is 12.0 Å². The fourth-order valence-corrected chi connectivity index (χ4v) is 2.44. The fourth-order valence-electron chi connectivity index (χ4n) is 2.44. The number of benzene rings is 1. The molecule has 2 N–H and O–H groups in total. The highest BCUT2D eigenvalue weighted by Crippen LogP contribution is 2.18. The number of hydrogen-bond donors (Lipinski definition) is 2. The summed E-state index contributed by atoms with van der Waals surface area (Å²) in [6.45, 7) is 10.8. The first-order valence-electron chi connectivity index (χ1n) is 7.45. The molecule has 0 aromatic heterocycles. The van der Waals surface area contributed by atoms with Crippen molar-refractivity contribution in [3.05, 3.63) is 34.9 Å². The predicted molar refractivity (Wildman–Crippen MR) is 82.2 cm³/mol. The minimum absolute atomic E-state index is 0.390. The molecule has 0 bridgehead atoms. The Morgan fingerprint density at radius 3 is 2.37 bits per heavy atom. The van der Waals surface area contributed by atoms with Gasteiger partial charge in [-0.05, 0) is 49.3 Å². The third-order valence-corrected chi connectivity index (χ3v) is 3.63. The molecule has 0 saturated carbocycles. The van der Waals surface area contributed by atoms with E-state index in [9.17, 15) is 5.11 Å². The van der Waals surface area contributed by atoms with Gasteiger partial charge in [0.15, 0.2) is 0 Å². The van der Waals surface area contributed by atoms with E-state index in [0.717, 1.165) is 24.8 Å². The van der Waals surface area contributed by atoms with Gasteiger partial charge in [-0.1, -0.05) is 45.4 Å². The Hall–Kier alpha value is -0.860. The van der Waals surface area contributed by atoms with E-state index in [-0.39, 0.29) is 0 Å². The molecular formula is C17H29NO. The van der Waals surface area contributed by atoms with E-state index in [2.05, 4.69) is 52.1 Å². The molecule has 0 radical (unpaired) electrons. The molecule has 0 spiro atoms. The molecule has 1 aromatic rings. The second kappa shape index (κ2) is 7.66. The summed E-state index contributed by atoms with van der Waals surface area (Å²) < 4.78 is 0. The number of aliphatic hydroxyl groups is 1. The zero-order valence-electron chi connectivity index (χ0n) is 13.0. The lowest BCUT2D eigenvalue weighted by molar-refractivity contribution is 0.116. The largest absolute Gasteiger partial charge is 0.374 e. The Balaban J connectivity index is 2.69. The third-order valence-electron chi connectivity index (χ3n) is 3.63. The quantitative estimate of drug-likeness (QED) is 0.726. The molecule has 2 unspecified atom stereocenters. The molecule has 0 amide bonds. The standard InChI is InChI=1S/C17H29NO/c1-6-7-16(10-12(2)3)18-17(19)15-9-8-13(4)14(5)11-15/h8-9,11-12,16-19H,6-7,10H2,1-5H3. The van der Waals surface area contributed by atoms with Gasteiger partial charge in [0.1, 0.15) is 6.23 Å². The molecule has 2 nitrogen and oxygen atoms in total. The second-order valence-electron chi connectivity index (χ2n) is 6.03. The van der Waals surface area contributed by atoms with Crippen LogP contribution in [0.1, 0.15) is 63.0 Å². The lowest BCUT2D eigenvalue weighted by Crippen LogP contribution is -2.34. The van der Waals surface area contributed by atoms with Crippen LogP contribution in [0.15, 0.2) is 18.2 Å². The third kappa shape index (κ3) is 5.33. The molecule has 1 rings (SSSR count). The van der Waals surface area contributed by atoms with Crippen molar-refractivity contribution in [2.75, 3.05) is 0 Å². The molecule has 108 valence electrons. The Kier molecular flexibility index (Phi) is 6.53. The number of aliphatic hydroxyl groups excluding tert-OH is 1. The second-order valence-corrected chi connectivity index (χ2v) is 6.03. The van der Waals surface area contributed by atoms with Gasteiger partial charge >= 0.3 is 0 Å². The Morgan fingerprint density at radius 2 is 1.84 bits per heavy atom. The van der Waals surface area contributed by atoms with Crippen molar-refractivity contribution in [2.24, 2.45) is 5.92 Å². The minimum Gasteiger partial charge on any atom is -0.374 e. The molecule has 2 atom stereocenters. The van der Waals surface area contributed by atoms with Gasteiger partial charge in [0.25, 0.3) is 0 Å². The molecule has 0 aliphatic rings. The summed E-state index contributed by atoms with van der Waals surface area (Å²) in [5.41, 5.74) is 3.46. The Labute approximate surface area is 118 Å². The van der Waals surface area contributed by atoms with Crippen LogP contribution in [0.25, 0.3) is 0 Å². The van der Waals surface area contributed by atoms with Crippen molar-refractivity contribution in [3.8, 4) is 0 Å². The summed E-state index contributed by atoms with van der Waals surface area (Å²) in [5, 5.41) is 13.7. The number of aryl methyl sites for hydroxylation is 2. The zero-order chi connectivity index (χ0) is 14.4. The zero-order valence-corrected chi connectivity index (χ0v) is 13.0. The van der Waals surface area contributed by atoms with E-state index >= 15 is 0 Å². The first kappa shape index (κ1) is 16.2. The van der Waals surface area contributed by atoms with Crippen LogP contribution in [0, 0.1) is 19.8 Å². The topological polar surface area (TPSA) is 32.3 Å². The van der Waals surface area contributed by atoms with Crippen LogP contribution in [0.2, 0.25) is 0 Å². The first-order valence-corrected chi connectivity index (χ1v) is 7.45. The highest BCUT2D eigenvalue weighted by molar-refractivity contribution is 5.30. The minimum atomic E-state index is -0.561.